The topological polar surface area (TPSA) is 25.9 Å². The lowest BCUT2D eigenvalue weighted by Crippen LogP contribution is -3.00. The van der Waals surface area contributed by atoms with E-state index in [0.29, 0.717) is 6.54 Å². The van der Waals surface area contributed by atoms with Crippen molar-refractivity contribution in [2.45, 2.75) is 20.4 Å². The van der Waals surface area contributed by atoms with E-state index >= 15 is 0 Å². The first kappa shape index (κ1) is 14.6. The van der Waals surface area contributed by atoms with Crippen molar-refractivity contribution in [1.82, 2.24) is 4.57 Å². The lowest BCUT2D eigenvalue weighted by Gasteiger charge is -2.04. The standard InChI is InChI=1S/C14H17N2O.BrH/c1-11-4-5-13(12(2)8-11)14(17)9-16-7-6-15(3)10-16;/h4-8,10H,9H2,1-3H3;1H/q+1;/p-1. The largest absolute Gasteiger partial charge is 1.00 e. The van der Waals surface area contributed by atoms with E-state index in [1.54, 1.807) is 0 Å². The number of aromatic nitrogens is 2. The second-order valence-electron chi connectivity index (χ2n) is 4.49. The predicted molar refractivity (Wildman–Crippen MR) is 65.9 cm³/mol. The Kier molecular flexibility index (Phi) is 4.84. The zero-order valence-corrected chi connectivity index (χ0v) is 12.4. The van der Waals surface area contributed by atoms with Gasteiger partial charge in [0.1, 0.15) is 12.4 Å². The molecule has 0 aliphatic carbocycles. The molecule has 2 aromatic rings. The van der Waals surface area contributed by atoms with Gasteiger partial charge in [-0.25, -0.2) is 9.13 Å². The minimum absolute atomic E-state index is 0. The second kappa shape index (κ2) is 5.96. The Morgan fingerprint density at radius 3 is 2.61 bits per heavy atom. The number of carbonyl (C=O) groups is 1. The first-order valence-electron chi connectivity index (χ1n) is 5.68. The average Bonchev–Trinajstić information content (AvgIpc) is 2.63. The molecule has 1 heterocycles. The van der Waals surface area contributed by atoms with Crippen molar-refractivity contribution in [2.75, 3.05) is 0 Å². The number of rotatable bonds is 3. The number of hydrogen-bond donors (Lipinski definition) is 0. The molecule has 18 heavy (non-hydrogen) atoms. The van der Waals surface area contributed by atoms with Gasteiger partial charge < -0.3 is 17.0 Å². The van der Waals surface area contributed by atoms with Crippen molar-refractivity contribution >= 4 is 5.78 Å². The van der Waals surface area contributed by atoms with Crippen molar-refractivity contribution in [3.05, 3.63) is 53.6 Å². The summed E-state index contributed by atoms with van der Waals surface area (Å²) in [4.78, 5) is 12.1. The van der Waals surface area contributed by atoms with Crippen molar-refractivity contribution in [2.24, 2.45) is 7.05 Å². The molecular formula is C14H17BrN2O. The molecule has 3 nitrogen and oxygen atoms in total. The van der Waals surface area contributed by atoms with Gasteiger partial charge in [-0.2, -0.15) is 0 Å². The highest BCUT2D eigenvalue weighted by atomic mass is 79.9. The van der Waals surface area contributed by atoms with Crippen molar-refractivity contribution in [1.29, 1.82) is 0 Å². The van der Waals surface area contributed by atoms with Crippen LogP contribution in [0.2, 0.25) is 0 Å². The quantitative estimate of drug-likeness (QED) is 0.518. The van der Waals surface area contributed by atoms with Gasteiger partial charge in [0.2, 0.25) is 12.1 Å². The molecule has 0 unspecified atom stereocenters. The third kappa shape index (κ3) is 3.29. The first-order chi connectivity index (χ1) is 8.06. The lowest BCUT2D eigenvalue weighted by molar-refractivity contribution is -0.682. The van der Waals surface area contributed by atoms with Crippen LogP contribution in [0, 0.1) is 13.8 Å². The van der Waals surface area contributed by atoms with Gasteiger partial charge in [0.15, 0.2) is 6.54 Å². The Morgan fingerprint density at radius 2 is 2.06 bits per heavy atom. The van der Waals surface area contributed by atoms with Gasteiger partial charge in [0.05, 0.1) is 7.05 Å². The van der Waals surface area contributed by atoms with E-state index in [-0.39, 0.29) is 22.8 Å². The fourth-order valence-electron chi connectivity index (χ4n) is 1.97. The lowest BCUT2D eigenvalue weighted by atomic mass is 10.0. The van der Waals surface area contributed by atoms with Crippen LogP contribution in [0.5, 0.6) is 0 Å². The highest BCUT2D eigenvalue weighted by Crippen LogP contribution is 2.11. The maximum Gasteiger partial charge on any atom is 0.243 e. The van der Waals surface area contributed by atoms with Crippen LogP contribution in [0.15, 0.2) is 36.9 Å². The number of aryl methyl sites for hydroxylation is 3. The summed E-state index contributed by atoms with van der Waals surface area (Å²) in [5.74, 6) is 0.152. The van der Waals surface area contributed by atoms with E-state index in [9.17, 15) is 4.79 Å². The third-order valence-electron chi connectivity index (χ3n) is 2.83. The Labute approximate surface area is 118 Å². The Bertz CT molecular complexity index is 561. The van der Waals surface area contributed by atoms with Gasteiger partial charge in [0, 0.05) is 5.56 Å². The summed E-state index contributed by atoms with van der Waals surface area (Å²) >= 11 is 0. The van der Waals surface area contributed by atoms with E-state index in [1.807, 2.05) is 66.9 Å². The molecule has 4 heteroatoms. The molecule has 0 saturated heterocycles. The molecule has 0 amide bonds. The summed E-state index contributed by atoms with van der Waals surface area (Å²) in [6, 6.07) is 5.94. The number of imidazole rings is 1. The molecule has 0 fully saturated rings. The summed E-state index contributed by atoms with van der Waals surface area (Å²) in [6.45, 7) is 4.41. The van der Waals surface area contributed by atoms with Crippen LogP contribution in [-0.4, -0.2) is 10.4 Å². The first-order valence-corrected chi connectivity index (χ1v) is 5.68. The smallest absolute Gasteiger partial charge is 0.243 e. The third-order valence-corrected chi connectivity index (χ3v) is 2.83. The minimum atomic E-state index is 0. The van der Waals surface area contributed by atoms with Crippen LogP contribution in [0.4, 0.5) is 0 Å². The van der Waals surface area contributed by atoms with E-state index in [0.717, 1.165) is 11.1 Å². The van der Waals surface area contributed by atoms with Crippen LogP contribution in [0.1, 0.15) is 21.5 Å². The van der Waals surface area contributed by atoms with Crippen LogP contribution < -0.4 is 21.5 Å². The molecule has 0 spiro atoms. The molecule has 0 aliphatic heterocycles. The van der Waals surface area contributed by atoms with Gasteiger partial charge >= 0.3 is 0 Å². The summed E-state index contributed by atoms with van der Waals surface area (Å²) in [6.07, 6.45) is 5.73. The molecule has 1 aromatic heterocycles. The molecular weight excluding hydrogens is 292 g/mol. The molecule has 0 N–H and O–H groups in total. The van der Waals surface area contributed by atoms with Gasteiger partial charge in [-0.1, -0.05) is 23.8 Å². The molecule has 1 aromatic carbocycles. The molecule has 2 rings (SSSR count). The summed E-state index contributed by atoms with van der Waals surface area (Å²) in [7, 11) is 1.94. The minimum Gasteiger partial charge on any atom is -1.00 e. The van der Waals surface area contributed by atoms with Crippen LogP contribution >= 0.6 is 0 Å². The number of benzene rings is 1. The van der Waals surface area contributed by atoms with Crippen molar-refractivity contribution in [3.8, 4) is 0 Å². The van der Waals surface area contributed by atoms with Crippen LogP contribution in [0.3, 0.4) is 0 Å². The number of carbonyl (C=O) groups excluding carboxylic acids is 1. The Hall–Kier alpha value is -1.42. The number of ketones is 1. The SMILES string of the molecule is Cc1ccc(C(=O)C[n+]2ccn(C)c2)c(C)c1.[Br-]. The molecule has 0 bridgehead atoms. The number of nitrogens with zero attached hydrogens (tertiary/aromatic N) is 2. The highest BCUT2D eigenvalue weighted by Gasteiger charge is 2.12. The number of halogens is 1. The number of Topliss-reactive ketones (excluding diaryl/α,β-unsaturated/α-hetero) is 1. The van der Waals surface area contributed by atoms with Gasteiger partial charge in [-0.3, -0.25) is 4.79 Å². The normalized spacial score (nSPS) is 9.94. The number of hydrogen-bond acceptors (Lipinski definition) is 1. The van der Waals surface area contributed by atoms with E-state index in [4.69, 9.17) is 0 Å². The zero-order valence-electron chi connectivity index (χ0n) is 10.9. The van der Waals surface area contributed by atoms with E-state index in [2.05, 4.69) is 0 Å². The fraction of sp³-hybridized carbons (Fsp3) is 0.286. The summed E-state index contributed by atoms with van der Waals surface area (Å²) < 4.78 is 3.82. The van der Waals surface area contributed by atoms with Gasteiger partial charge in [0.25, 0.3) is 0 Å². The Balaban J connectivity index is 0.00000162. The van der Waals surface area contributed by atoms with Gasteiger partial charge in [-0.05, 0) is 19.4 Å². The van der Waals surface area contributed by atoms with E-state index < -0.39 is 0 Å². The molecule has 0 atom stereocenters. The molecule has 0 aliphatic rings. The summed E-state index contributed by atoms with van der Waals surface area (Å²) in [5.41, 5.74) is 3.05. The highest BCUT2D eigenvalue weighted by molar-refractivity contribution is 5.96. The van der Waals surface area contributed by atoms with Crippen LogP contribution in [-0.2, 0) is 13.6 Å². The molecule has 96 valence electrons. The van der Waals surface area contributed by atoms with Crippen molar-refractivity contribution < 1.29 is 26.3 Å². The zero-order chi connectivity index (χ0) is 12.4. The van der Waals surface area contributed by atoms with Crippen LogP contribution in [0.25, 0.3) is 0 Å². The fourth-order valence-corrected chi connectivity index (χ4v) is 1.97. The molecule has 0 radical (unpaired) electrons. The van der Waals surface area contributed by atoms with Crippen molar-refractivity contribution in [3.63, 3.8) is 0 Å². The predicted octanol–water partition coefficient (Wildman–Crippen LogP) is -1.18. The van der Waals surface area contributed by atoms with E-state index in [1.165, 1.54) is 5.56 Å². The monoisotopic (exact) mass is 308 g/mol. The Morgan fingerprint density at radius 1 is 1.33 bits per heavy atom. The molecule has 0 saturated carbocycles. The summed E-state index contributed by atoms with van der Waals surface area (Å²) in [5, 5.41) is 0. The average molecular weight is 309 g/mol. The maximum atomic E-state index is 12.1. The second-order valence-corrected chi connectivity index (χ2v) is 4.49. The maximum absolute atomic E-state index is 12.1. The van der Waals surface area contributed by atoms with Gasteiger partial charge in [-0.15, -0.1) is 0 Å².